The minimum absolute atomic E-state index is 0.00507. The zero-order chi connectivity index (χ0) is 14.1. The molecule has 1 aliphatic rings. The Balaban J connectivity index is 1.73. The fourth-order valence-corrected chi connectivity index (χ4v) is 3.01. The number of hydrogen-bond donors (Lipinski definition) is 2. The Bertz CT molecular complexity index is 632. The van der Waals surface area contributed by atoms with E-state index >= 15 is 0 Å². The van der Waals surface area contributed by atoms with Crippen molar-refractivity contribution in [3.05, 3.63) is 35.6 Å². The molecule has 0 saturated heterocycles. The molecule has 2 unspecified atom stereocenters. The maximum atomic E-state index is 10.9. The quantitative estimate of drug-likeness (QED) is 0.896. The molecule has 0 spiro atoms. The SMILES string of the molecule is CC1CCCC1NCc1ccc2oc(C(=O)O)cc2c1. The van der Waals surface area contributed by atoms with Crippen molar-refractivity contribution in [1.82, 2.24) is 5.32 Å². The minimum Gasteiger partial charge on any atom is -0.475 e. The van der Waals surface area contributed by atoms with E-state index in [0.717, 1.165) is 23.4 Å². The van der Waals surface area contributed by atoms with Gasteiger partial charge in [-0.25, -0.2) is 4.79 Å². The van der Waals surface area contributed by atoms with E-state index in [9.17, 15) is 4.79 Å². The molecule has 0 amide bonds. The number of fused-ring (bicyclic) bond motifs is 1. The van der Waals surface area contributed by atoms with E-state index in [2.05, 4.69) is 12.2 Å². The van der Waals surface area contributed by atoms with Crippen LogP contribution in [0.3, 0.4) is 0 Å². The monoisotopic (exact) mass is 273 g/mol. The standard InChI is InChI=1S/C16H19NO3/c1-10-3-2-4-13(10)17-9-11-5-6-14-12(7-11)8-15(20-14)16(18)19/h5-8,10,13,17H,2-4,9H2,1H3,(H,18,19). The molecule has 4 heteroatoms. The summed E-state index contributed by atoms with van der Waals surface area (Å²) in [6.45, 7) is 3.11. The molecule has 2 N–H and O–H groups in total. The highest BCUT2D eigenvalue weighted by molar-refractivity contribution is 5.91. The summed E-state index contributed by atoms with van der Waals surface area (Å²) in [5, 5.41) is 13.4. The smallest absolute Gasteiger partial charge is 0.371 e. The number of carboxylic acids is 1. The van der Waals surface area contributed by atoms with Gasteiger partial charge in [-0.1, -0.05) is 19.4 Å². The van der Waals surface area contributed by atoms with E-state index in [1.54, 1.807) is 6.07 Å². The maximum Gasteiger partial charge on any atom is 0.371 e. The van der Waals surface area contributed by atoms with Crippen LogP contribution in [0.25, 0.3) is 11.0 Å². The zero-order valence-corrected chi connectivity index (χ0v) is 11.6. The summed E-state index contributed by atoms with van der Waals surface area (Å²) in [4.78, 5) is 10.9. The van der Waals surface area contributed by atoms with Gasteiger partial charge in [0.05, 0.1) is 0 Å². The Morgan fingerprint density at radius 1 is 1.40 bits per heavy atom. The van der Waals surface area contributed by atoms with Gasteiger partial charge >= 0.3 is 5.97 Å². The third kappa shape index (κ3) is 2.56. The van der Waals surface area contributed by atoms with Crippen LogP contribution in [-0.4, -0.2) is 17.1 Å². The van der Waals surface area contributed by atoms with Crippen molar-refractivity contribution in [2.24, 2.45) is 5.92 Å². The van der Waals surface area contributed by atoms with Crippen LogP contribution in [0.1, 0.15) is 42.3 Å². The van der Waals surface area contributed by atoms with E-state index in [1.807, 2.05) is 18.2 Å². The van der Waals surface area contributed by atoms with Crippen molar-refractivity contribution in [2.75, 3.05) is 0 Å². The summed E-state index contributed by atoms with van der Waals surface area (Å²) in [7, 11) is 0. The topological polar surface area (TPSA) is 62.5 Å². The van der Waals surface area contributed by atoms with E-state index in [4.69, 9.17) is 9.52 Å². The molecule has 20 heavy (non-hydrogen) atoms. The molecular weight excluding hydrogens is 254 g/mol. The molecule has 106 valence electrons. The average molecular weight is 273 g/mol. The highest BCUT2D eigenvalue weighted by atomic mass is 16.4. The molecule has 0 bridgehead atoms. The van der Waals surface area contributed by atoms with E-state index in [0.29, 0.717) is 11.6 Å². The van der Waals surface area contributed by atoms with E-state index in [-0.39, 0.29) is 5.76 Å². The number of rotatable bonds is 4. The Morgan fingerprint density at radius 2 is 2.25 bits per heavy atom. The molecule has 4 nitrogen and oxygen atoms in total. The first kappa shape index (κ1) is 13.2. The van der Waals surface area contributed by atoms with Gasteiger partial charge in [0.2, 0.25) is 5.76 Å². The first-order chi connectivity index (χ1) is 9.63. The van der Waals surface area contributed by atoms with Crippen molar-refractivity contribution in [2.45, 2.75) is 38.8 Å². The summed E-state index contributed by atoms with van der Waals surface area (Å²) < 4.78 is 5.26. The Kier molecular flexibility index (Phi) is 3.49. The summed E-state index contributed by atoms with van der Waals surface area (Å²) in [6, 6.07) is 8.02. The van der Waals surface area contributed by atoms with Crippen molar-refractivity contribution < 1.29 is 14.3 Å². The van der Waals surface area contributed by atoms with Gasteiger partial charge in [0.15, 0.2) is 0 Å². The van der Waals surface area contributed by atoms with Crippen LogP contribution in [0.2, 0.25) is 0 Å². The number of aromatic carboxylic acids is 1. The number of benzene rings is 1. The highest BCUT2D eigenvalue weighted by Gasteiger charge is 2.22. The third-order valence-electron chi connectivity index (χ3n) is 4.22. The lowest BCUT2D eigenvalue weighted by Crippen LogP contribution is -2.30. The van der Waals surface area contributed by atoms with Crippen LogP contribution in [-0.2, 0) is 6.54 Å². The molecule has 2 atom stereocenters. The zero-order valence-electron chi connectivity index (χ0n) is 11.6. The molecule has 1 saturated carbocycles. The lowest BCUT2D eigenvalue weighted by atomic mass is 10.1. The van der Waals surface area contributed by atoms with Gasteiger partial charge < -0.3 is 14.8 Å². The second-order valence-corrected chi connectivity index (χ2v) is 5.68. The molecule has 3 rings (SSSR count). The maximum absolute atomic E-state index is 10.9. The van der Waals surface area contributed by atoms with Crippen LogP contribution in [0.5, 0.6) is 0 Å². The molecule has 1 heterocycles. The fraction of sp³-hybridized carbons (Fsp3) is 0.438. The first-order valence-corrected chi connectivity index (χ1v) is 7.12. The molecule has 1 aromatic heterocycles. The van der Waals surface area contributed by atoms with Crippen molar-refractivity contribution in [3.8, 4) is 0 Å². The number of carboxylic acid groups (broad SMARTS) is 1. The second kappa shape index (κ2) is 5.29. The Morgan fingerprint density at radius 3 is 2.95 bits per heavy atom. The highest BCUT2D eigenvalue weighted by Crippen LogP contribution is 2.25. The second-order valence-electron chi connectivity index (χ2n) is 5.68. The third-order valence-corrected chi connectivity index (χ3v) is 4.22. The van der Waals surface area contributed by atoms with Gasteiger partial charge in [0.1, 0.15) is 5.58 Å². The largest absolute Gasteiger partial charge is 0.475 e. The summed E-state index contributed by atoms with van der Waals surface area (Å²) in [5.74, 6) is -0.290. The van der Waals surface area contributed by atoms with Gasteiger partial charge in [-0.3, -0.25) is 0 Å². The lowest BCUT2D eigenvalue weighted by molar-refractivity contribution is 0.0665. The Labute approximate surface area is 117 Å². The predicted molar refractivity (Wildman–Crippen MR) is 76.8 cm³/mol. The molecule has 1 aromatic carbocycles. The van der Waals surface area contributed by atoms with Gasteiger partial charge in [0.25, 0.3) is 0 Å². The minimum atomic E-state index is -1.03. The number of furan rings is 1. The van der Waals surface area contributed by atoms with Crippen LogP contribution < -0.4 is 5.32 Å². The molecule has 0 radical (unpaired) electrons. The predicted octanol–water partition coefficient (Wildman–Crippen LogP) is 3.41. The molecule has 1 aliphatic carbocycles. The van der Waals surface area contributed by atoms with Gasteiger partial charge in [0, 0.05) is 18.0 Å². The lowest BCUT2D eigenvalue weighted by Gasteiger charge is -2.17. The van der Waals surface area contributed by atoms with Crippen molar-refractivity contribution >= 4 is 16.9 Å². The summed E-state index contributed by atoms with van der Waals surface area (Å²) in [5.41, 5.74) is 1.79. The van der Waals surface area contributed by atoms with Crippen LogP contribution >= 0.6 is 0 Å². The molecule has 2 aromatic rings. The number of hydrogen-bond acceptors (Lipinski definition) is 3. The first-order valence-electron chi connectivity index (χ1n) is 7.12. The average Bonchev–Trinajstić information content (AvgIpc) is 3.01. The van der Waals surface area contributed by atoms with E-state index < -0.39 is 5.97 Å². The van der Waals surface area contributed by atoms with Gasteiger partial charge in [-0.05, 0) is 42.5 Å². The van der Waals surface area contributed by atoms with E-state index in [1.165, 1.54) is 19.3 Å². The summed E-state index contributed by atoms with van der Waals surface area (Å²) >= 11 is 0. The number of nitrogens with one attached hydrogen (secondary N) is 1. The fourth-order valence-electron chi connectivity index (χ4n) is 3.01. The Hall–Kier alpha value is -1.81. The summed E-state index contributed by atoms with van der Waals surface area (Å²) in [6.07, 6.45) is 3.86. The van der Waals surface area contributed by atoms with Crippen molar-refractivity contribution in [1.29, 1.82) is 0 Å². The van der Waals surface area contributed by atoms with Crippen molar-refractivity contribution in [3.63, 3.8) is 0 Å². The van der Waals surface area contributed by atoms with Crippen LogP contribution in [0.15, 0.2) is 28.7 Å². The molecule has 0 aliphatic heterocycles. The van der Waals surface area contributed by atoms with Gasteiger partial charge in [-0.2, -0.15) is 0 Å². The normalized spacial score (nSPS) is 22.4. The number of carbonyl (C=O) groups is 1. The molecular formula is C16H19NO3. The van der Waals surface area contributed by atoms with Crippen LogP contribution in [0, 0.1) is 5.92 Å². The van der Waals surface area contributed by atoms with Crippen LogP contribution in [0.4, 0.5) is 0 Å². The van der Waals surface area contributed by atoms with Gasteiger partial charge in [-0.15, -0.1) is 0 Å². The molecule has 1 fully saturated rings.